The van der Waals surface area contributed by atoms with Crippen molar-refractivity contribution in [1.29, 1.82) is 0 Å². The first kappa shape index (κ1) is 29.4. The van der Waals surface area contributed by atoms with Gasteiger partial charge in [-0.15, -0.1) is 0 Å². The number of H-pyrrole nitrogens is 1. The van der Waals surface area contributed by atoms with Crippen LogP contribution in [0.4, 0.5) is 0 Å². The smallest absolute Gasteiger partial charge is 0.414 e. The van der Waals surface area contributed by atoms with Crippen LogP contribution in [0, 0.1) is 13.8 Å². The molecule has 0 aliphatic carbocycles. The molecule has 3 rings (SSSR count). The van der Waals surface area contributed by atoms with Crippen LogP contribution < -0.4 is 0 Å². The minimum absolute atomic E-state index is 1.14. The zero-order chi connectivity index (χ0) is 26.5. The number of nitrogens with one attached hydrogen (secondary N) is 1. The quantitative estimate of drug-likeness (QED) is 0.173. The fourth-order valence-electron chi connectivity index (χ4n) is 4.78. The molecule has 1 heterocycles. The van der Waals surface area contributed by atoms with E-state index < -0.39 is 11.9 Å². The average Bonchev–Trinajstić information content (AvgIpc) is 3.26. The Labute approximate surface area is 215 Å². The summed E-state index contributed by atoms with van der Waals surface area (Å²) in [5.41, 5.74) is 6.82. The molecule has 6 nitrogen and oxygen atoms in total. The molecule has 0 spiro atoms. The largest absolute Gasteiger partial charge is 0.473 e. The summed E-state index contributed by atoms with van der Waals surface area (Å²) in [5.74, 6) is -3.65. The summed E-state index contributed by atoms with van der Waals surface area (Å²) in [6.07, 6.45) is 12.0. The van der Waals surface area contributed by atoms with E-state index in [1.165, 1.54) is 109 Å². The molecule has 0 aliphatic rings. The average molecular weight is 497 g/mol. The summed E-state index contributed by atoms with van der Waals surface area (Å²) in [4.78, 5) is 24.6. The molecule has 0 fully saturated rings. The van der Waals surface area contributed by atoms with Crippen molar-refractivity contribution in [1.82, 2.24) is 9.88 Å². The molecule has 3 aromatic rings. The van der Waals surface area contributed by atoms with Crippen LogP contribution in [0.1, 0.15) is 81.9 Å². The van der Waals surface area contributed by atoms with Gasteiger partial charge in [0.1, 0.15) is 0 Å². The third-order valence-electron chi connectivity index (χ3n) is 6.82. The number of aromatic amines is 1. The van der Waals surface area contributed by atoms with Crippen molar-refractivity contribution in [3.63, 3.8) is 0 Å². The highest BCUT2D eigenvalue weighted by Gasteiger charge is 2.13. The van der Waals surface area contributed by atoms with Crippen LogP contribution in [0.15, 0.2) is 30.3 Å². The molecular weight excluding hydrogens is 452 g/mol. The van der Waals surface area contributed by atoms with Crippen molar-refractivity contribution in [2.24, 2.45) is 0 Å². The molecule has 1 aromatic heterocycles. The molecule has 0 radical (unpaired) electrons. The zero-order valence-electron chi connectivity index (χ0n) is 22.5. The first-order valence-corrected chi connectivity index (χ1v) is 13.5. The van der Waals surface area contributed by atoms with Gasteiger partial charge < -0.3 is 20.1 Å². The number of unbranched alkanes of at least 4 members (excludes halogenated alkanes) is 6. The molecule has 0 aliphatic heterocycles. The SMILES string of the molecule is CCCCCCN(CCCCCC)CCc1cccc2[nH]c3c(C)ccc(C)c3c12.O=C(O)C(=O)O. The van der Waals surface area contributed by atoms with Crippen molar-refractivity contribution in [2.75, 3.05) is 19.6 Å². The fourth-order valence-corrected chi connectivity index (χ4v) is 4.78. The van der Waals surface area contributed by atoms with E-state index in [1.54, 1.807) is 0 Å². The van der Waals surface area contributed by atoms with E-state index >= 15 is 0 Å². The maximum atomic E-state index is 9.10. The van der Waals surface area contributed by atoms with Gasteiger partial charge in [-0.2, -0.15) is 0 Å². The molecule has 36 heavy (non-hydrogen) atoms. The monoisotopic (exact) mass is 496 g/mol. The number of carboxylic acids is 2. The Balaban J connectivity index is 0.000000678. The van der Waals surface area contributed by atoms with Gasteiger partial charge in [-0.25, -0.2) is 9.59 Å². The maximum Gasteiger partial charge on any atom is 0.414 e. The van der Waals surface area contributed by atoms with Gasteiger partial charge in [0, 0.05) is 28.4 Å². The summed E-state index contributed by atoms with van der Waals surface area (Å²) in [7, 11) is 0. The molecule has 2 aromatic carbocycles. The first-order valence-electron chi connectivity index (χ1n) is 13.5. The Morgan fingerprint density at radius 3 is 1.89 bits per heavy atom. The van der Waals surface area contributed by atoms with Gasteiger partial charge >= 0.3 is 11.9 Å². The molecule has 6 heteroatoms. The number of aromatic nitrogens is 1. The van der Waals surface area contributed by atoms with E-state index in [9.17, 15) is 0 Å². The van der Waals surface area contributed by atoms with Gasteiger partial charge in [-0.1, -0.05) is 76.6 Å². The number of carbonyl (C=O) groups is 2. The van der Waals surface area contributed by atoms with Gasteiger partial charge in [0.05, 0.1) is 0 Å². The Morgan fingerprint density at radius 2 is 1.33 bits per heavy atom. The number of fused-ring (bicyclic) bond motifs is 3. The number of aliphatic carboxylic acids is 2. The zero-order valence-corrected chi connectivity index (χ0v) is 22.5. The van der Waals surface area contributed by atoms with E-state index in [0.717, 1.165) is 6.42 Å². The lowest BCUT2D eigenvalue weighted by molar-refractivity contribution is -0.159. The summed E-state index contributed by atoms with van der Waals surface area (Å²) in [5, 5.41) is 17.7. The second-order valence-corrected chi connectivity index (χ2v) is 9.74. The van der Waals surface area contributed by atoms with Crippen molar-refractivity contribution >= 4 is 33.7 Å². The second kappa shape index (κ2) is 15.3. The van der Waals surface area contributed by atoms with E-state index in [4.69, 9.17) is 19.8 Å². The summed E-state index contributed by atoms with van der Waals surface area (Å²) in [6, 6.07) is 11.3. The first-order chi connectivity index (χ1) is 17.3. The predicted molar refractivity (Wildman–Crippen MR) is 149 cm³/mol. The number of rotatable bonds is 13. The van der Waals surface area contributed by atoms with Crippen LogP contribution in [0.25, 0.3) is 21.8 Å². The lowest BCUT2D eigenvalue weighted by Crippen LogP contribution is -2.28. The Bertz CT molecular complexity index is 1100. The minimum atomic E-state index is -1.82. The highest BCUT2D eigenvalue weighted by Crippen LogP contribution is 2.33. The van der Waals surface area contributed by atoms with Crippen LogP contribution in [0.3, 0.4) is 0 Å². The van der Waals surface area contributed by atoms with E-state index in [2.05, 4.69) is 67.9 Å². The van der Waals surface area contributed by atoms with Gasteiger partial charge in [-0.05, 0) is 69.0 Å². The molecule has 0 saturated carbocycles. The van der Waals surface area contributed by atoms with Gasteiger partial charge in [-0.3, -0.25) is 0 Å². The third kappa shape index (κ3) is 8.66. The molecule has 0 amide bonds. The Morgan fingerprint density at radius 1 is 0.750 bits per heavy atom. The lowest BCUT2D eigenvalue weighted by Gasteiger charge is -2.22. The van der Waals surface area contributed by atoms with E-state index in [-0.39, 0.29) is 0 Å². The number of nitrogens with zero attached hydrogens (tertiary/aromatic N) is 1. The lowest BCUT2D eigenvalue weighted by atomic mass is 9.99. The molecule has 0 unspecified atom stereocenters. The standard InChI is InChI=1S/C28H42N2.C2H2O4/c1-5-7-9-11-19-30(20-12-10-8-6-2)21-18-24-14-13-15-25-27(24)26-22(3)16-17-23(4)28(26)29-25;3-1(4)2(5)6/h13-17,29H,5-12,18-21H2,1-4H3;(H,3,4)(H,5,6). The van der Waals surface area contributed by atoms with Crippen molar-refractivity contribution in [3.05, 3.63) is 47.0 Å². The minimum Gasteiger partial charge on any atom is -0.473 e. The Hall–Kier alpha value is -2.86. The maximum absolute atomic E-state index is 9.10. The number of hydrogen-bond donors (Lipinski definition) is 3. The van der Waals surface area contributed by atoms with Gasteiger partial charge in [0.25, 0.3) is 0 Å². The normalized spacial score (nSPS) is 11.1. The second-order valence-electron chi connectivity index (χ2n) is 9.74. The van der Waals surface area contributed by atoms with Crippen LogP contribution >= 0.6 is 0 Å². The molecule has 0 bridgehead atoms. The fraction of sp³-hybridized carbons (Fsp3) is 0.533. The van der Waals surface area contributed by atoms with Crippen LogP contribution in [0.5, 0.6) is 0 Å². The molecule has 0 saturated heterocycles. The van der Waals surface area contributed by atoms with Crippen molar-refractivity contribution < 1.29 is 19.8 Å². The molecule has 3 N–H and O–H groups in total. The third-order valence-corrected chi connectivity index (χ3v) is 6.82. The summed E-state index contributed by atoms with van der Waals surface area (Å²) >= 11 is 0. The van der Waals surface area contributed by atoms with Gasteiger partial charge in [0.2, 0.25) is 0 Å². The predicted octanol–water partition coefficient (Wildman–Crippen LogP) is 7.10. The van der Waals surface area contributed by atoms with Crippen molar-refractivity contribution in [2.45, 2.75) is 85.5 Å². The summed E-state index contributed by atoms with van der Waals surface area (Å²) < 4.78 is 0. The molecular formula is C30H44N2O4. The summed E-state index contributed by atoms with van der Waals surface area (Å²) in [6.45, 7) is 12.8. The molecule has 198 valence electrons. The molecule has 0 atom stereocenters. The van der Waals surface area contributed by atoms with Crippen LogP contribution in [0.2, 0.25) is 0 Å². The highest BCUT2D eigenvalue weighted by atomic mass is 16.4. The number of aryl methyl sites for hydroxylation is 2. The number of carboxylic acid groups (broad SMARTS) is 2. The highest BCUT2D eigenvalue weighted by molar-refractivity contribution is 6.27. The number of benzene rings is 2. The Kier molecular flexibility index (Phi) is 12.5. The van der Waals surface area contributed by atoms with E-state index in [0.29, 0.717) is 0 Å². The topological polar surface area (TPSA) is 93.6 Å². The number of hydrogen-bond acceptors (Lipinski definition) is 3. The van der Waals surface area contributed by atoms with Crippen LogP contribution in [-0.2, 0) is 16.0 Å². The van der Waals surface area contributed by atoms with Crippen molar-refractivity contribution in [3.8, 4) is 0 Å². The van der Waals surface area contributed by atoms with E-state index in [1.807, 2.05) is 0 Å². The van der Waals surface area contributed by atoms with Gasteiger partial charge in [0.15, 0.2) is 0 Å². The van der Waals surface area contributed by atoms with Crippen LogP contribution in [-0.4, -0.2) is 51.7 Å².